The first-order valence-corrected chi connectivity index (χ1v) is 11.8. The fraction of sp³-hybridized carbons (Fsp3) is 0.462. The Bertz CT molecular complexity index is 873. The average Bonchev–Trinajstić information content (AvgIpc) is 3.39. The van der Waals surface area contributed by atoms with Crippen molar-refractivity contribution in [3.63, 3.8) is 0 Å². The van der Waals surface area contributed by atoms with Gasteiger partial charge in [-0.15, -0.1) is 0 Å². The van der Waals surface area contributed by atoms with Gasteiger partial charge in [0.2, 0.25) is 0 Å². The second kappa shape index (κ2) is 11.0. The Kier molecular flexibility index (Phi) is 7.64. The lowest BCUT2D eigenvalue weighted by Gasteiger charge is -2.29. The molecule has 1 N–H and O–H groups in total. The summed E-state index contributed by atoms with van der Waals surface area (Å²) >= 11 is 0. The summed E-state index contributed by atoms with van der Waals surface area (Å²) in [4.78, 5) is 29.9. The minimum absolute atomic E-state index is 0.181. The highest BCUT2D eigenvalue weighted by atomic mass is 16.5. The molecule has 2 fully saturated rings. The van der Waals surface area contributed by atoms with Gasteiger partial charge < -0.3 is 19.9 Å². The second-order valence-electron chi connectivity index (χ2n) is 8.71. The molecule has 6 nitrogen and oxygen atoms in total. The number of likely N-dealkylation sites (tertiary alicyclic amines) is 1. The van der Waals surface area contributed by atoms with Gasteiger partial charge in [0.1, 0.15) is 12.6 Å². The van der Waals surface area contributed by atoms with Gasteiger partial charge in [-0.2, -0.15) is 0 Å². The van der Waals surface area contributed by atoms with E-state index in [-0.39, 0.29) is 12.6 Å². The fourth-order valence-corrected chi connectivity index (χ4v) is 4.41. The number of nitrogens with one attached hydrogen (secondary N) is 1. The molecule has 2 saturated heterocycles. The molecule has 2 aromatic rings. The van der Waals surface area contributed by atoms with Crippen LogP contribution < -0.4 is 10.2 Å². The van der Waals surface area contributed by atoms with Crippen LogP contribution in [0.25, 0.3) is 0 Å². The fourth-order valence-electron chi connectivity index (χ4n) is 4.41. The zero-order valence-electron chi connectivity index (χ0n) is 18.7. The highest BCUT2D eigenvalue weighted by Crippen LogP contribution is 2.21. The number of urea groups is 1. The molecule has 6 heteroatoms. The van der Waals surface area contributed by atoms with Gasteiger partial charge in [-0.1, -0.05) is 42.5 Å². The van der Waals surface area contributed by atoms with Gasteiger partial charge in [-0.05, 0) is 55.4 Å². The third-order valence-corrected chi connectivity index (χ3v) is 6.30. The quantitative estimate of drug-likeness (QED) is 0.664. The van der Waals surface area contributed by atoms with Crippen molar-refractivity contribution in [3.8, 4) is 0 Å². The van der Waals surface area contributed by atoms with Crippen LogP contribution in [0.3, 0.4) is 0 Å². The largest absolute Gasteiger partial charge is 0.459 e. The Labute approximate surface area is 190 Å². The number of anilines is 1. The van der Waals surface area contributed by atoms with Gasteiger partial charge in [0.15, 0.2) is 0 Å². The first-order valence-electron chi connectivity index (χ1n) is 11.8. The molecule has 0 spiro atoms. The van der Waals surface area contributed by atoms with Crippen molar-refractivity contribution in [1.29, 1.82) is 0 Å². The van der Waals surface area contributed by atoms with Crippen LogP contribution >= 0.6 is 0 Å². The number of carbonyl (C=O) groups excluding carboxylic acids is 2. The zero-order valence-corrected chi connectivity index (χ0v) is 18.7. The molecule has 0 aromatic heterocycles. The molecule has 1 atom stereocenters. The molecule has 170 valence electrons. The Morgan fingerprint density at radius 2 is 1.47 bits per heavy atom. The molecule has 4 rings (SSSR count). The minimum Gasteiger partial charge on any atom is -0.459 e. The normalized spacial score (nSPS) is 17.1. The number of piperidine rings is 1. The first kappa shape index (κ1) is 22.2. The van der Waals surface area contributed by atoms with E-state index in [4.69, 9.17) is 4.74 Å². The van der Waals surface area contributed by atoms with Crippen LogP contribution in [0.2, 0.25) is 0 Å². The molecule has 0 bridgehead atoms. The summed E-state index contributed by atoms with van der Waals surface area (Å²) in [6.07, 6.45) is 6.05. The summed E-state index contributed by atoms with van der Waals surface area (Å²) in [5.41, 5.74) is 3.15. The summed E-state index contributed by atoms with van der Waals surface area (Å²) in [5.74, 6) is -0.400. The molecule has 2 aromatic carbocycles. The van der Waals surface area contributed by atoms with Crippen molar-refractivity contribution < 1.29 is 14.3 Å². The van der Waals surface area contributed by atoms with Gasteiger partial charge in [0, 0.05) is 38.3 Å². The summed E-state index contributed by atoms with van der Waals surface area (Å²) in [7, 11) is 0. The van der Waals surface area contributed by atoms with Crippen LogP contribution in [0.5, 0.6) is 0 Å². The van der Waals surface area contributed by atoms with E-state index < -0.39 is 12.0 Å². The van der Waals surface area contributed by atoms with E-state index in [2.05, 4.69) is 34.5 Å². The van der Waals surface area contributed by atoms with E-state index in [0.29, 0.717) is 6.42 Å². The third kappa shape index (κ3) is 6.02. The molecular formula is C26H33N3O3. The van der Waals surface area contributed by atoms with Gasteiger partial charge in [-0.25, -0.2) is 9.59 Å². The van der Waals surface area contributed by atoms with Gasteiger partial charge >= 0.3 is 12.0 Å². The summed E-state index contributed by atoms with van der Waals surface area (Å²) in [6, 6.07) is 17.0. The molecule has 2 heterocycles. The number of ether oxygens (including phenoxy) is 1. The number of nitrogens with zero attached hydrogens (tertiary/aromatic N) is 2. The van der Waals surface area contributed by atoms with Crippen molar-refractivity contribution in [3.05, 3.63) is 65.7 Å². The van der Waals surface area contributed by atoms with Crippen molar-refractivity contribution in [2.24, 2.45) is 0 Å². The van der Waals surface area contributed by atoms with E-state index in [9.17, 15) is 9.59 Å². The summed E-state index contributed by atoms with van der Waals surface area (Å²) in [5, 5.41) is 2.94. The smallest absolute Gasteiger partial charge is 0.329 e. The van der Waals surface area contributed by atoms with Crippen LogP contribution in [0.4, 0.5) is 10.5 Å². The number of hydrogen-bond donors (Lipinski definition) is 1. The van der Waals surface area contributed by atoms with Crippen molar-refractivity contribution in [1.82, 2.24) is 10.2 Å². The molecule has 2 amide bonds. The van der Waals surface area contributed by atoms with Crippen LogP contribution in [0.15, 0.2) is 54.6 Å². The predicted molar refractivity (Wildman–Crippen MR) is 126 cm³/mol. The van der Waals surface area contributed by atoms with Crippen LogP contribution in [-0.4, -0.2) is 49.1 Å². The topological polar surface area (TPSA) is 61.9 Å². The monoisotopic (exact) mass is 435 g/mol. The number of rotatable bonds is 7. The molecule has 0 saturated carbocycles. The van der Waals surface area contributed by atoms with E-state index in [1.807, 2.05) is 30.3 Å². The van der Waals surface area contributed by atoms with Crippen LogP contribution in [0.1, 0.15) is 43.2 Å². The van der Waals surface area contributed by atoms with Crippen LogP contribution in [-0.2, 0) is 22.6 Å². The maximum atomic E-state index is 13.0. The maximum absolute atomic E-state index is 13.0. The molecule has 0 aliphatic carbocycles. The Hall–Kier alpha value is -3.02. The third-order valence-electron chi connectivity index (χ3n) is 6.30. The minimum atomic E-state index is -0.717. The zero-order chi connectivity index (χ0) is 22.2. The van der Waals surface area contributed by atoms with Crippen molar-refractivity contribution >= 4 is 17.7 Å². The predicted octanol–water partition coefficient (Wildman–Crippen LogP) is 4.14. The molecule has 0 unspecified atom stereocenters. The SMILES string of the molecule is O=C(OCc1ccccc1)[C@H](Cc1ccc(N2CCCC2)cc1)NC(=O)N1CCCCC1. The molecular weight excluding hydrogens is 402 g/mol. The first-order chi connectivity index (χ1) is 15.7. The molecule has 0 radical (unpaired) electrons. The number of esters is 1. The lowest BCUT2D eigenvalue weighted by Crippen LogP contribution is -2.50. The number of hydrogen-bond acceptors (Lipinski definition) is 4. The lowest BCUT2D eigenvalue weighted by atomic mass is 10.1. The highest BCUT2D eigenvalue weighted by Gasteiger charge is 2.26. The summed E-state index contributed by atoms with van der Waals surface area (Å²) < 4.78 is 5.58. The van der Waals surface area contributed by atoms with Crippen LogP contribution in [0, 0.1) is 0 Å². The molecule has 2 aliphatic heterocycles. The van der Waals surface area contributed by atoms with Gasteiger partial charge in [-0.3, -0.25) is 0 Å². The average molecular weight is 436 g/mol. The van der Waals surface area contributed by atoms with Gasteiger partial charge in [0.05, 0.1) is 0 Å². The van der Waals surface area contributed by atoms with E-state index in [1.54, 1.807) is 4.90 Å². The molecule has 32 heavy (non-hydrogen) atoms. The second-order valence-corrected chi connectivity index (χ2v) is 8.71. The molecule has 2 aliphatic rings. The number of benzene rings is 2. The number of carbonyl (C=O) groups is 2. The van der Waals surface area contributed by atoms with E-state index in [0.717, 1.165) is 56.6 Å². The van der Waals surface area contributed by atoms with Crippen molar-refractivity contribution in [2.75, 3.05) is 31.1 Å². The van der Waals surface area contributed by atoms with Crippen molar-refractivity contribution in [2.45, 2.75) is 51.2 Å². The summed E-state index contributed by atoms with van der Waals surface area (Å²) in [6.45, 7) is 3.87. The standard InChI is InChI=1S/C26H33N3O3/c30-25(32-20-22-9-3-1-4-10-22)24(27-26(31)29-17-5-2-6-18-29)19-21-11-13-23(14-12-21)28-15-7-8-16-28/h1,3-4,9-14,24H,2,5-8,15-20H2,(H,27,31)/t24-/m0/s1. The van der Waals surface area contributed by atoms with Gasteiger partial charge in [0.25, 0.3) is 0 Å². The number of amides is 2. The lowest BCUT2D eigenvalue weighted by molar-refractivity contribution is -0.147. The van der Waals surface area contributed by atoms with E-state index >= 15 is 0 Å². The highest BCUT2D eigenvalue weighted by molar-refractivity contribution is 5.84. The Balaban J connectivity index is 1.41. The van der Waals surface area contributed by atoms with E-state index in [1.165, 1.54) is 18.5 Å². The Morgan fingerprint density at radius 1 is 0.812 bits per heavy atom. The maximum Gasteiger partial charge on any atom is 0.329 e. The Morgan fingerprint density at radius 3 is 2.16 bits per heavy atom.